The van der Waals surface area contributed by atoms with Crippen molar-refractivity contribution in [1.29, 1.82) is 5.26 Å². The first kappa shape index (κ1) is 23.6. The number of carbonyl (C=O) groups is 1. The predicted molar refractivity (Wildman–Crippen MR) is 128 cm³/mol. The van der Waals surface area contributed by atoms with Gasteiger partial charge in [0.1, 0.15) is 30.3 Å². The molecule has 184 valence electrons. The van der Waals surface area contributed by atoms with E-state index in [2.05, 4.69) is 26.6 Å². The van der Waals surface area contributed by atoms with Crippen LogP contribution in [0.4, 0.5) is 4.39 Å². The molecule has 0 fully saturated rings. The molecular weight excluding hydrogens is 479 g/mol. The van der Waals surface area contributed by atoms with Gasteiger partial charge in [-0.3, -0.25) is 4.57 Å². The fourth-order valence-corrected chi connectivity index (χ4v) is 3.90. The fraction of sp³-hybridized carbons (Fsp3) is 0.160. The van der Waals surface area contributed by atoms with Gasteiger partial charge in [-0.05, 0) is 59.8 Å². The number of nitrogens with zero attached hydrogens (tertiary/aromatic N) is 8. The van der Waals surface area contributed by atoms with Crippen molar-refractivity contribution in [2.24, 2.45) is 0 Å². The van der Waals surface area contributed by atoms with E-state index in [1.54, 1.807) is 47.9 Å². The number of benzene rings is 2. The summed E-state index contributed by atoms with van der Waals surface area (Å²) in [4.78, 5) is 21.3. The lowest BCUT2D eigenvalue weighted by Crippen LogP contribution is -2.20. The first-order valence-corrected chi connectivity index (χ1v) is 11.1. The topological polar surface area (TPSA) is 134 Å². The molecule has 0 spiro atoms. The monoisotopic (exact) mass is 498 g/mol. The normalized spacial score (nSPS) is 11.7. The molecule has 12 heteroatoms. The van der Waals surface area contributed by atoms with Gasteiger partial charge in [-0.25, -0.2) is 23.8 Å². The molecule has 1 atom stereocenters. The molecule has 2 aromatic carbocycles. The summed E-state index contributed by atoms with van der Waals surface area (Å²) in [5, 5.41) is 20.7. The molecule has 0 N–H and O–H groups in total. The second kappa shape index (κ2) is 9.82. The molecule has 5 aromatic rings. The molecule has 0 radical (unpaired) electrons. The molecule has 0 aliphatic rings. The predicted octanol–water partition coefficient (Wildman–Crippen LogP) is 3.34. The van der Waals surface area contributed by atoms with Crippen molar-refractivity contribution < 1.29 is 18.7 Å². The number of ether oxygens (including phenoxy) is 2. The Labute approximate surface area is 209 Å². The molecule has 11 nitrogen and oxygen atoms in total. The van der Waals surface area contributed by atoms with Crippen LogP contribution >= 0.6 is 0 Å². The number of methoxy groups -OCH3 is 1. The summed E-state index contributed by atoms with van der Waals surface area (Å²) in [7, 11) is 1.25. The highest BCUT2D eigenvalue weighted by atomic mass is 19.1. The van der Waals surface area contributed by atoms with Gasteiger partial charge in [0.15, 0.2) is 17.2 Å². The molecule has 5 rings (SSSR count). The first-order valence-electron chi connectivity index (χ1n) is 11.1. The highest BCUT2D eigenvalue weighted by Crippen LogP contribution is 2.29. The van der Waals surface area contributed by atoms with Crippen molar-refractivity contribution in [2.75, 3.05) is 7.11 Å². The Hall–Kier alpha value is -5.18. The van der Waals surface area contributed by atoms with E-state index in [-0.39, 0.29) is 16.9 Å². The van der Waals surface area contributed by atoms with Crippen LogP contribution in [0.15, 0.2) is 61.2 Å². The van der Waals surface area contributed by atoms with E-state index in [4.69, 9.17) is 14.5 Å². The highest BCUT2D eigenvalue weighted by Gasteiger charge is 2.19. The lowest BCUT2D eigenvalue weighted by atomic mass is 10.1. The number of hydrogen-bond acceptors (Lipinski definition) is 9. The number of esters is 1. The van der Waals surface area contributed by atoms with Crippen LogP contribution in [0.3, 0.4) is 0 Å². The van der Waals surface area contributed by atoms with Gasteiger partial charge in [0, 0.05) is 5.56 Å². The quantitative estimate of drug-likeness (QED) is 0.310. The van der Waals surface area contributed by atoms with Crippen LogP contribution in [0.25, 0.3) is 28.1 Å². The van der Waals surface area contributed by atoms with Gasteiger partial charge in [-0.1, -0.05) is 6.07 Å². The van der Waals surface area contributed by atoms with Crippen LogP contribution in [0, 0.1) is 17.1 Å². The zero-order valence-corrected chi connectivity index (χ0v) is 19.7. The Kier molecular flexibility index (Phi) is 6.25. The molecule has 0 bridgehead atoms. The maximum absolute atomic E-state index is 14.6. The summed E-state index contributed by atoms with van der Waals surface area (Å²) in [6.07, 6.45) is 2.57. The third-order valence-corrected chi connectivity index (χ3v) is 5.60. The fourth-order valence-electron chi connectivity index (χ4n) is 3.90. The number of hydrogen-bond donors (Lipinski definition) is 0. The maximum atomic E-state index is 14.6. The van der Waals surface area contributed by atoms with Crippen LogP contribution < -0.4 is 4.74 Å². The lowest BCUT2D eigenvalue weighted by Gasteiger charge is -2.15. The van der Waals surface area contributed by atoms with Gasteiger partial charge < -0.3 is 9.47 Å². The maximum Gasteiger partial charge on any atom is 0.339 e. The third-order valence-electron chi connectivity index (χ3n) is 5.60. The smallest absolute Gasteiger partial charge is 0.339 e. The van der Waals surface area contributed by atoms with Crippen LogP contribution in [0.1, 0.15) is 22.8 Å². The van der Waals surface area contributed by atoms with Gasteiger partial charge in [-0.2, -0.15) is 5.26 Å². The van der Waals surface area contributed by atoms with Gasteiger partial charge in [0.05, 0.1) is 36.2 Å². The van der Waals surface area contributed by atoms with Crippen molar-refractivity contribution in [3.8, 4) is 28.8 Å². The van der Waals surface area contributed by atoms with Crippen LogP contribution in [-0.2, 0) is 11.3 Å². The Morgan fingerprint density at radius 3 is 2.81 bits per heavy atom. The Morgan fingerprint density at radius 1 is 1.19 bits per heavy atom. The summed E-state index contributed by atoms with van der Waals surface area (Å²) >= 11 is 0. The van der Waals surface area contributed by atoms with E-state index in [0.29, 0.717) is 34.7 Å². The number of tetrazole rings is 1. The molecule has 0 saturated carbocycles. The van der Waals surface area contributed by atoms with E-state index in [9.17, 15) is 14.4 Å². The van der Waals surface area contributed by atoms with Crippen molar-refractivity contribution in [2.45, 2.75) is 19.6 Å². The molecular formula is C25H19FN8O3. The molecule has 37 heavy (non-hydrogen) atoms. The van der Waals surface area contributed by atoms with E-state index in [1.807, 2.05) is 0 Å². The third kappa shape index (κ3) is 4.57. The van der Waals surface area contributed by atoms with Gasteiger partial charge in [0.2, 0.25) is 0 Å². The summed E-state index contributed by atoms with van der Waals surface area (Å²) < 4.78 is 28.3. The van der Waals surface area contributed by atoms with Crippen LogP contribution in [0.2, 0.25) is 0 Å². The van der Waals surface area contributed by atoms with Crippen molar-refractivity contribution in [1.82, 2.24) is 34.7 Å². The second-order valence-corrected chi connectivity index (χ2v) is 8.06. The molecule has 0 aliphatic heterocycles. The summed E-state index contributed by atoms with van der Waals surface area (Å²) in [5.74, 6) is -1.08. The number of carbonyl (C=O) groups excluding carboxylic acids is 1. The van der Waals surface area contributed by atoms with Crippen molar-refractivity contribution >= 4 is 17.1 Å². The van der Waals surface area contributed by atoms with E-state index >= 15 is 0 Å². The number of fused-ring (bicyclic) bond motifs is 1. The lowest BCUT2D eigenvalue weighted by molar-refractivity contribution is 0.0600. The first-order chi connectivity index (χ1) is 18.0. The molecule has 3 heterocycles. The average Bonchev–Trinajstić information content (AvgIpc) is 3.58. The molecule has 0 saturated heterocycles. The Morgan fingerprint density at radius 2 is 2.05 bits per heavy atom. The van der Waals surface area contributed by atoms with Crippen molar-refractivity contribution in [3.63, 3.8) is 0 Å². The minimum Gasteiger partial charge on any atom is -0.486 e. The van der Waals surface area contributed by atoms with E-state index in [1.165, 1.54) is 36.6 Å². The zero-order chi connectivity index (χ0) is 25.9. The Balaban J connectivity index is 1.52. The summed E-state index contributed by atoms with van der Waals surface area (Å²) in [6, 6.07) is 15.0. The second-order valence-electron chi connectivity index (χ2n) is 8.06. The molecule has 0 amide bonds. The zero-order valence-electron chi connectivity index (χ0n) is 19.7. The number of pyridine rings is 1. The summed E-state index contributed by atoms with van der Waals surface area (Å²) in [5.41, 5.74) is 2.88. The van der Waals surface area contributed by atoms with Gasteiger partial charge in [-0.15, -0.1) is 5.10 Å². The van der Waals surface area contributed by atoms with Gasteiger partial charge in [0.25, 0.3) is 0 Å². The van der Waals surface area contributed by atoms with Gasteiger partial charge >= 0.3 is 5.97 Å². The number of rotatable bonds is 7. The van der Waals surface area contributed by atoms with Crippen LogP contribution in [-0.4, -0.2) is 53.9 Å². The average molecular weight is 498 g/mol. The number of halogens is 1. The number of aromatic nitrogens is 7. The van der Waals surface area contributed by atoms with E-state index < -0.39 is 17.9 Å². The molecule has 0 unspecified atom stereocenters. The standard InChI is InChI=1S/C25H19FN8O3/c1-15(12-33-14-29-31-32-33)37-23-10-16(6-7-19(23)26)20-8-9-21-24(30-20)34(13-28-21)22-5-3-4-17(18(22)11-27)25(35)36-2/h3-10,13-15H,12H2,1-2H3/t15-/m0/s1. The largest absolute Gasteiger partial charge is 0.486 e. The van der Waals surface area contributed by atoms with Crippen LogP contribution in [0.5, 0.6) is 5.75 Å². The Bertz CT molecular complexity index is 1640. The minimum atomic E-state index is -0.621. The number of imidazole rings is 1. The highest BCUT2D eigenvalue weighted by molar-refractivity contribution is 5.93. The summed E-state index contributed by atoms with van der Waals surface area (Å²) in [6.45, 7) is 2.12. The SMILES string of the molecule is COC(=O)c1cccc(-n2cnc3ccc(-c4ccc(F)c(O[C@@H](C)Cn5cnnn5)c4)nc32)c1C#N. The van der Waals surface area contributed by atoms with Crippen molar-refractivity contribution in [3.05, 3.63) is 78.1 Å². The number of nitriles is 1. The molecule has 3 aromatic heterocycles. The molecule has 0 aliphatic carbocycles. The minimum absolute atomic E-state index is 0.0611. The van der Waals surface area contributed by atoms with E-state index in [0.717, 1.165) is 0 Å².